The Morgan fingerprint density at radius 3 is 2.58 bits per heavy atom. The van der Waals surface area contributed by atoms with Crippen LogP contribution in [-0.4, -0.2) is 57.1 Å². The number of alkyl halides is 3. The number of nitrogens with zero attached hydrogens (tertiary/aromatic N) is 6. The summed E-state index contributed by atoms with van der Waals surface area (Å²) in [4.78, 5) is 16.3. The van der Waals surface area contributed by atoms with Gasteiger partial charge in [0.1, 0.15) is 16.9 Å². The van der Waals surface area contributed by atoms with Crippen molar-refractivity contribution in [2.45, 2.75) is 52.3 Å². The van der Waals surface area contributed by atoms with Crippen molar-refractivity contribution in [1.29, 1.82) is 0 Å². The van der Waals surface area contributed by atoms with E-state index in [1.54, 1.807) is 4.68 Å². The normalized spacial score (nSPS) is 14.8. The van der Waals surface area contributed by atoms with E-state index in [-0.39, 0.29) is 6.42 Å². The molecule has 0 atom stereocenters. The Labute approximate surface area is 190 Å². The quantitative estimate of drug-likeness (QED) is 0.490. The molecule has 0 unspecified atom stereocenters. The van der Waals surface area contributed by atoms with Crippen LogP contribution in [0.15, 0.2) is 18.2 Å². The SMILES string of the molecule is CCc1nn(CCCCC(F)(F)F)c2c(Nc3cccc(C)n3)nc(N3CCNCC3)nc12. The molecule has 11 heteroatoms. The van der Waals surface area contributed by atoms with E-state index in [0.29, 0.717) is 42.5 Å². The minimum Gasteiger partial charge on any atom is -0.338 e. The lowest BCUT2D eigenvalue weighted by molar-refractivity contribution is -0.135. The first-order valence-corrected chi connectivity index (χ1v) is 11.3. The fourth-order valence-corrected chi connectivity index (χ4v) is 3.95. The number of nitrogens with one attached hydrogen (secondary N) is 2. The van der Waals surface area contributed by atoms with Crippen molar-refractivity contribution in [1.82, 2.24) is 30.0 Å². The van der Waals surface area contributed by atoms with Gasteiger partial charge in [0.2, 0.25) is 5.95 Å². The zero-order chi connectivity index (χ0) is 23.4. The van der Waals surface area contributed by atoms with Crippen molar-refractivity contribution in [3.63, 3.8) is 0 Å². The van der Waals surface area contributed by atoms with E-state index < -0.39 is 12.6 Å². The van der Waals surface area contributed by atoms with Crippen LogP contribution in [0.3, 0.4) is 0 Å². The Bertz CT molecular complexity index is 1090. The van der Waals surface area contributed by atoms with Gasteiger partial charge in [0.05, 0.1) is 5.69 Å². The van der Waals surface area contributed by atoms with Gasteiger partial charge < -0.3 is 15.5 Å². The summed E-state index contributed by atoms with van der Waals surface area (Å²) in [5, 5.41) is 11.3. The molecular formula is C22H29F3N8. The van der Waals surface area contributed by atoms with Crippen molar-refractivity contribution in [3.05, 3.63) is 29.6 Å². The third kappa shape index (κ3) is 5.70. The monoisotopic (exact) mass is 462 g/mol. The molecule has 1 fully saturated rings. The predicted octanol–water partition coefficient (Wildman–Crippen LogP) is 3.98. The first-order valence-electron chi connectivity index (χ1n) is 11.3. The standard InChI is InChI=1S/C22H29F3N8/c1-3-16-18-19(33(31-16)12-5-4-9-22(23,24)25)20(28-17-8-6-7-15(2)27-17)30-21(29-18)32-13-10-26-11-14-32/h6-8,26H,3-5,9-14H2,1-2H3,(H,27,28,29,30). The average Bonchev–Trinajstić information content (AvgIpc) is 3.15. The van der Waals surface area contributed by atoms with E-state index in [0.717, 1.165) is 43.1 Å². The molecule has 4 heterocycles. The number of halogens is 3. The zero-order valence-corrected chi connectivity index (χ0v) is 18.9. The van der Waals surface area contributed by atoms with Crippen LogP contribution in [0.2, 0.25) is 0 Å². The van der Waals surface area contributed by atoms with E-state index in [4.69, 9.17) is 9.97 Å². The molecule has 0 aromatic carbocycles. The van der Waals surface area contributed by atoms with Crippen molar-refractivity contribution < 1.29 is 13.2 Å². The highest BCUT2D eigenvalue weighted by atomic mass is 19.4. The van der Waals surface area contributed by atoms with E-state index in [9.17, 15) is 13.2 Å². The Balaban J connectivity index is 1.73. The molecule has 0 radical (unpaired) electrons. The molecule has 0 bridgehead atoms. The van der Waals surface area contributed by atoms with Crippen LogP contribution in [-0.2, 0) is 13.0 Å². The van der Waals surface area contributed by atoms with Gasteiger partial charge in [0, 0.05) is 44.8 Å². The van der Waals surface area contributed by atoms with Crippen molar-refractivity contribution in [2.24, 2.45) is 0 Å². The first-order chi connectivity index (χ1) is 15.8. The minimum atomic E-state index is -4.15. The molecule has 3 aromatic heterocycles. The summed E-state index contributed by atoms with van der Waals surface area (Å²) in [6, 6.07) is 5.68. The lowest BCUT2D eigenvalue weighted by Crippen LogP contribution is -2.44. The second-order valence-electron chi connectivity index (χ2n) is 8.19. The minimum absolute atomic E-state index is 0.0498. The maximum Gasteiger partial charge on any atom is 0.389 e. The Hall–Kier alpha value is -2.95. The van der Waals surface area contributed by atoms with Crippen LogP contribution in [0.4, 0.5) is 30.8 Å². The van der Waals surface area contributed by atoms with Crippen LogP contribution < -0.4 is 15.5 Å². The number of hydrogen-bond donors (Lipinski definition) is 2. The van der Waals surface area contributed by atoms with Gasteiger partial charge in [-0.3, -0.25) is 4.68 Å². The number of anilines is 3. The molecule has 1 aliphatic rings. The number of unbranched alkanes of at least 4 members (excludes halogenated alkanes) is 1. The zero-order valence-electron chi connectivity index (χ0n) is 18.9. The van der Waals surface area contributed by atoms with Gasteiger partial charge in [-0.25, -0.2) is 9.97 Å². The summed E-state index contributed by atoms with van der Waals surface area (Å²) < 4.78 is 39.5. The van der Waals surface area contributed by atoms with Gasteiger partial charge in [0.25, 0.3) is 0 Å². The third-order valence-electron chi connectivity index (χ3n) is 5.59. The maximum atomic E-state index is 12.6. The molecule has 2 N–H and O–H groups in total. The maximum absolute atomic E-state index is 12.6. The van der Waals surface area contributed by atoms with Crippen LogP contribution in [0.25, 0.3) is 11.0 Å². The lowest BCUT2D eigenvalue weighted by Gasteiger charge is -2.27. The molecule has 3 aromatic rings. The Morgan fingerprint density at radius 2 is 1.88 bits per heavy atom. The van der Waals surface area contributed by atoms with Gasteiger partial charge in [-0.1, -0.05) is 13.0 Å². The smallest absolute Gasteiger partial charge is 0.338 e. The number of piperazine rings is 1. The summed E-state index contributed by atoms with van der Waals surface area (Å²) in [6.07, 6.45) is -3.87. The number of hydrogen-bond acceptors (Lipinski definition) is 7. The van der Waals surface area contributed by atoms with Crippen molar-refractivity contribution in [3.8, 4) is 0 Å². The number of rotatable bonds is 8. The molecule has 33 heavy (non-hydrogen) atoms. The van der Waals surface area contributed by atoms with Crippen molar-refractivity contribution in [2.75, 3.05) is 36.4 Å². The molecule has 0 saturated carbocycles. The largest absolute Gasteiger partial charge is 0.389 e. The van der Waals surface area contributed by atoms with Crippen LogP contribution in [0.5, 0.6) is 0 Å². The highest BCUT2D eigenvalue weighted by Gasteiger charge is 2.26. The summed E-state index contributed by atoms with van der Waals surface area (Å²) in [6.45, 7) is 7.55. The highest BCUT2D eigenvalue weighted by Crippen LogP contribution is 2.30. The van der Waals surface area contributed by atoms with Crippen molar-refractivity contribution >= 4 is 28.6 Å². The van der Waals surface area contributed by atoms with E-state index in [2.05, 4.69) is 25.6 Å². The summed E-state index contributed by atoms with van der Waals surface area (Å²) in [5.41, 5.74) is 3.09. The number of aromatic nitrogens is 5. The van der Waals surface area contributed by atoms with Gasteiger partial charge in [0.15, 0.2) is 5.82 Å². The molecule has 1 aliphatic heterocycles. The van der Waals surface area contributed by atoms with E-state index in [1.165, 1.54) is 0 Å². The van der Waals surface area contributed by atoms with E-state index in [1.807, 2.05) is 32.0 Å². The first kappa shape index (κ1) is 23.2. The fraction of sp³-hybridized carbons (Fsp3) is 0.545. The Morgan fingerprint density at radius 1 is 1.09 bits per heavy atom. The summed E-state index contributed by atoms with van der Waals surface area (Å²) in [7, 11) is 0. The van der Waals surface area contributed by atoms with Gasteiger partial charge in [-0.15, -0.1) is 0 Å². The molecule has 1 saturated heterocycles. The summed E-state index contributed by atoms with van der Waals surface area (Å²) >= 11 is 0. The molecule has 8 nitrogen and oxygen atoms in total. The molecule has 0 spiro atoms. The number of aryl methyl sites for hydroxylation is 3. The highest BCUT2D eigenvalue weighted by molar-refractivity contribution is 5.90. The number of pyridine rings is 1. The average molecular weight is 463 g/mol. The molecule has 4 rings (SSSR count). The molecule has 0 amide bonds. The fourth-order valence-electron chi connectivity index (χ4n) is 3.95. The third-order valence-corrected chi connectivity index (χ3v) is 5.59. The van der Waals surface area contributed by atoms with Crippen LogP contribution in [0, 0.1) is 6.92 Å². The second-order valence-corrected chi connectivity index (χ2v) is 8.19. The summed E-state index contributed by atoms with van der Waals surface area (Å²) in [5.74, 6) is 1.82. The molecule has 178 valence electrons. The van der Waals surface area contributed by atoms with Gasteiger partial charge in [-0.05, 0) is 38.3 Å². The van der Waals surface area contributed by atoms with Crippen LogP contribution in [0.1, 0.15) is 37.6 Å². The topological polar surface area (TPSA) is 83.8 Å². The van der Waals surface area contributed by atoms with Gasteiger partial charge >= 0.3 is 6.18 Å². The van der Waals surface area contributed by atoms with E-state index >= 15 is 0 Å². The predicted molar refractivity (Wildman–Crippen MR) is 122 cm³/mol. The van der Waals surface area contributed by atoms with Gasteiger partial charge in [-0.2, -0.15) is 23.3 Å². The molecule has 0 aliphatic carbocycles. The second kappa shape index (κ2) is 9.90. The molecular weight excluding hydrogens is 433 g/mol. The number of fused-ring (bicyclic) bond motifs is 1. The Kier molecular flexibility index (Phi) is 6.96. The lowest BCUT2D eigenvalue weighted by atomic mass is 10.2. The van der Waals surface area contributed by atoms with Crippen LogP contribution >= 0.6 is 0 Å².